The molecule has 0 aliphatic carbocycles. The molecule has 1 aromatic rings. The third kappa shape index (κ3) is 5.25. The summed E-state index contributed by atoms with van der Waals surface area (Å²) in [6, 6.07) is 2.02. The molecule has 0 fully saturated rings. The number of anilines is 2. The summed E-state index contributed by atoms with van der Waals surface area (Å²) < 4.78 is 41.4. The summed E-state index contributed by atoms with van der Waals surface area (Å²) in [6.07, 6.45) is 0.846. The largest absolute Gasteiger partial charge is 0.432 e. The van der Waals surface area contributed by atoms with Gasteiger partial charge in [-0.3, -0.25) is 0 Å². The van der Waals surface area contributed by atoms with Crippen LogP contribution in [-0.4, -0.2) is 24.4 Å². The van der Waals surface area contributed by atoms with Crippen LogP contribution in [0.5, 0.6) is 5.75 Å². The number of halogens is 3. The Labute approximate surface area is 109 Å². The monoisotopic (exact) mass is 278 g/mol. The molecule has 0 radical (unpaired) electrons. The van der Waals surface area contributed by atoms with Gasteiger partial charge in [0.15, 0.2) is 11.6 Å². The number of rotatable bonds is 7. The summed E-state index contributed by atoms with van der Waals surface area (Å²) in [5, 5.41) is 12.0. The number of hydrogen-bond donors (Lipinski definition) is 3. The van der Waals surface area contributed by atoms with Crippen LogP contribution in [0.2, 0.25) is 0 Å². The number of aliphatic hydroxyl groups is 1. The Morgan fingerprint density at radius 3 is 2.68 bits per heavy atom. The van der Waals surface area contributed by atoms with Gasteiger partial charge in [-0.15, -0.1) is 0 Å². The molecule has 0 heterocycles. The van der Waals surface area contributed by atoms with Crippen molar-refractivity contribution in [2.75, 3.05) is 17.6 Å². The number of alkyl halides is 2. The lowest BCUT2D eigenvalue weighted by Crippen LogP contribution is -2.09. The molecule has 0 spiro atoms. The lowest BCUT2D eigenvalue weighted by Gasteiger charge is -2.13. The number of nitrogens with two attached hydrogens (primary N) is 1. The summed E-state index contributed by atoms with van der Waals surface area (Å²) in [6.45, 7) is -0.948. The lowest BCUT2D eigenvalue weighted by molar-refractivity contribution is -0.0521. The Morgan fingerprint density at radius 2 is 2.11 bits per heavy atom. The highest BCUT2D eigenvalue weighted by Crippen LogP contribution is 2.29. The molecule has 108 valence electrons. The SMILES string of the molecule is CC(O)CCCNc1cc(OC(F)F)c(F)cc1N. The zero-order chi connectivity index (χ0) is 14.4. The van der Waals surface area contributed by atoms with Gasteiger partial charge in [0, 0.05) is 18.7 Å². The minimum atomic E-state index is -3.10. The van der Waals surface area contributed by atoms with E-state index in [1.807, 2.05) is 0 Å². The van der Waals surface area contributed by atoms with Crippen molar-refractivity contribution in [1.29, 1.82) is 0 Å². The van der Waals surface area contributed by atoms with E-state index in [0.717, 1.165) is 12.1 Å². The van der Waals surface area contributed by atoms with Crippen molar-refractivity contribution in [3.63, 3.8) is 0 Å². The predicted molar refractivity (Wildman–Crippen MR) is 66.8 cm³/mol. The first-order valence-corrected chi connectivity index (χ1v) is 5.86. The Balaban J connectivity index is 2.66. The van der Waals surface area contributed by atoms with E-state index in [1.54, 1.807) is 6.92 Å². The van der Waals surface area contributed by atoms with Gasteiger partial charge in [-0.2, -0.15) is 8.78 Å². The quantitative estimate of drug-likeness (QED) is 0.529. The minimum Gasteiger partial charge on any atom is -0.432 e. The normalized spacial score (nSPS) is 12.5. The van der Waals surface area contributed by atoms with E-state index in [0.29, 0.717) is 25.1 Å². The molecule has 0 aromatic heterocycles. The molecule has 0 amide bonds. The first-order chi connectivity index (χ1) is 8.90. The van der Waals surface area contributed by atoms with Crippen molar-refractivity contribution in [2.45, 2.75) is 32.5 Å². The maximum Gasteiger partial charge on any atom is 0.387 e. The molecule has 19 heavy (non-hydrogen) atoms. The van der Waals surface area contributed by atoms with Gasteiger partial charge in [0.2, 0.25) is 0 Å². The fourth-order valence-corrected chi connectivity index (χ4v) is 1.53. The summed E-state index contributed by atoms with van der Waals surface area (Å²) in [4.78, 5) is 0. The van der Waals surface area contributed by atoms with E-state index >= 15 is 0 Å². The van der Waals surface area contributed by atoms with Crippen molar-refractivity contribution in [1.82, 2.24) is 0 Å². The van der Waals surface area contributed by atoms with E-state index in [4.69, 9.17) is 10.8 Å². The van der Waals surface area contributed by atoms with Crippen LogP contribution < -0.4 is 15.8 Å². The number of hydrogen-bond acceptors (Lipinski definition) is 4. The molecule has 1 unspecified atom stereocenters. The number of nitrogens with one attached hydrogen (secondary N) is 1. The van der Waals surface area contributed by atoms with Gasteiger partial charge in [-0.05, 0) is 19.8 Å². The Kier molecular flexibility index (Phi) is 5.75. The molecule has 1 aromatic carbocycles. The number of aliphatic hydroxyl groups excluding tert-OH is 1. The molecule has 0 aliphatic heterocycles. The maximum absolute atomic E-state index is 13.3. The van der Waals surface area contributed by atoms with Crippen molar-refractivity contribution < 1.29 is 23.0 Å². The van der Waals surface area contributed by atoms with Gasteiger partial charge in [-0.1, -0.05) is 0 Å². The summed E-state index contributed by atoms with van der Waals surface area (Å²) in [5.41, 5.74) is 6.00. The molecule has 0 aliphatic rings. The number of nitrogen functional groups attached to an aromatic ring is 1. The molecule has 1 atom stereocenters. The number of benzene rings is 1. The van der Waals surface area contributed by atoms with Crippen LogP contribution in [0.4, 0.5) is 24.5 Å². The summed E-state index contributed by atoms with van der Waals surface area (Å²) >= 11 is 0. The smallest absolute Gasteiger partial charge is 0.387 e. The van der Waals surface area contributed by atoms with E-state index in [9.17, 15) is 13.2 Å². The fraction of sp³-hybridized carbons (Fsp3) is 0.500. The number of ether oxygens (including phenoxy) is 1. The standard InChI is InChI=1S/C12H17F3N2O2/c1-7(18)3-2-4-17-10-6-11(19-12(14)15)8(13)5-9(10)16/h5-7,12,17-18H,2-4,16H2,1H3. The van der Waals surface area contributed by atoms with Crippen LogP contribution in [0, 0.1) is 5.82 Å². The minimum absolute atomic E-state index is 0.108. The fourth-order valence-electron chi connectivity index (χ4n) is 1.53. The molecule has 1 rings (SSSR count). The maximum atomic E-state index is 13.3. The second kappa shape index (κ2) is 7.08. The predicted octanol–water partition coefficient (Wildman–Crippen LogP) is 2.58. The molecule has 0 bridgehead atoms. The van der Waals surface area contributed by atoms with Crippen LogP contribution in [0.3, 0.4) is 0 Å². The summed E-state index contributed by atoms with van der Waals surface area (Å²) in [5.74, 6) is -1.49. The zero-order valence-electron chi connectivity index (χ0n) is 10.5. The van der Waals surface area contributed by atoms with Crippen LogP contribution in [-0.2, 0) is 0 Å². The lowest BCUT2D eigenvalue weighted by atomic mass is 10.2. The van der Waals surface area contributed by atoms with Gasteiger partial charge < -0.3 is 20.9 Å². The van der Waals surface area contributed by atoms with Gasteiger partial charge >= 0.3 is 6.61 Å². The third-order valence-electron chi connectivity index (χ3n) is 2.43. The van der Waals surface area contributed by atoms with Crippen LogP contribution in [0.25, 0.3) is 0 Å². The molecular weight excluding hydrogens is 261 g/mol. The molecule has 0 saturated carbocycles. The Morgan fingerprint density at radius 1 is 1.42 bits per heavy atom. The average molecular weight is 278 g/mol. The highest BCUT2D eigenvalue weighted by Gasteiger charge is 2.13. The topological polar surface area (TPSA) is 67.5 Å². The second-order valence-corrected chi connectivity index (χ2v) is 4.17. The van der Waals surface area contributed by atoms with Crippen LogP contribution in [0.15, 0.2) is 12.1 Å². The molecule has 7 heteroatoms. The molecular formula is C12H17F3N2O2. The van der Waals surface area contributed by atoms with Crippen molar-refractivity contribution in [3.05, 3.63) is 17.9 Å². The zero-order valence-corrected chi connectivity index (χ0v) is 10.5. The second-order valence-electron chi connectivity index (χ2n) is 4.17. The van der Waals surface area contributed by atoms with Gasteiger partial charge in [0.05, 0.1) is 17.5 Å². The highest BCUT2D eigenvalue weighted by atomic mass is 19.3. The van der Waals surface area contributed by atoms with Gasteiger partial charge in [0.25, 0.3) is 0 Å². The Hall–Kier alpha value is -1.63. The molecule has 4 nitrogen and oxygen atoms in total. The highest BCUT2D eigenvalue weighted by molar-refractivity contribution is 5.68. The molecule has 4 N–H and O–H groups in total. The van der Waals surface area contributed by atoms with E-state index in [-0.39, 0.29) is 5.69 Å². The van der Waals surface area contributed by atoms with E-state index < -0.39 is 24.3 Å². The van der Waals surface area contributed by atoms with Gasteiger partial charge in [-0.25, -0.2) is 4.39 Å². The first kappa shape index (κ1) is 15.4. The van der Waals surface area contributed by atoms with Crippen molar-refractivity contribution >= 4 is 11.4 Å². The van der Waals surface area contributed by atoms with Gasteiger partial charge in [0.1, 0.15) is 0 Å². The third-order valence-corrected chi connectivity index (χ3v) is 2.43. The van der Waals surface area contributed by atoms with Crippen molar-refractivity contribution in [3.8, 4) is 5.75 Å². The van der Waals surface area contributed by atoms with Crippen LogP contribution >= 0.6 is 0 Å². The van der Waals surface area contributed by atoms with E-state index in [1.165, 1.54) is 0 Å². The van der Waals surface area contributed by atoms with Crippen molar-refractivity contribution in [2.24, 2.45) is 0 Å². The van der Waals surface area contributed by atoms with E-state index in [2.05, 4.69) is 10.1 Å². The molecule has 0 saturated heterocycles. The van der Waals surface area contributed by atoms with Crippen LogP contribution in [0.1, 0.15) is 19.8 Å². The Bertz CT molecular complexity index is 414. The summed E-state index contributed by atoms with van der Waals surface area (Å²) in [7, 11) is 0. The average Bonchev–Trinajstić information content (AvgIpc) is 2.29. The first-order valence-electron chi connectivity index (χ1n) is 5.86.